The van der Waals surface area contributed by atoms with Gasteiger partial charge in [-0.15, -0.1) is 0 Å². The van der Waals surface area contributed by atoms with Gasteiger partial charge in [0.25, 0.3) is 0 Å². The molecule has 1 nitrogen and oxygen atoms in total. The van der Waals surface area contributed by atoms with E-state index in [1.54, 1.807) is 0 Å². The van der Waals surface area contributed by atoms with Gasteiger partial charge in [0.2, 0.25) is 0 Å². The number of rotatable bonds is 3. The third kappa shape index (κ3) is 3.28. The van der Waals surface area contributed by atoms with Crippen molar-refractivity contribution in [3.8, 4) is 6.07 Å². The summed E-state index contributed by atoms with van der Waals surface area (Å²) in [5.41, 5.74) is 2.57. The number of nitrogens with zero attached hydrogens (tertiary/aromatic N) is 1. The lowest BCUT2D eigenvalue weighted by atomic mass is 10.0. The third-order valence-corrected chi connectivity index (χ3v) is 3.09. The van der Waals surface area contributed by atoms with Gasteiger partial charge in [-0.3, -0.25) is 0 Å². The molecule has 0 unspecified atom stereocenters. The van der Waals surface area contributed by atoms with Gasteiger partial charge in [0.05, 0.1) is 6.07 Å². The van der Waals surface area contributed by atoms with Gasteiger partial charge >= 0.3 is 0 Å². The molecule has 0 saturated carbocycles. The molecule has 0 atom stereocenters. The maximum absolute atomic E-state index is 8.50. The summed E-state index contributed by atoms with van der Waals surface area (Å²) in [6.07, 6.45) is 1.45. The van der Waals surface area contributed by atoms with Gasteiger partial charge in [-0.1, -0.05) is 22.0 Å². The molecule has 0 bridgehead atoms. The van der Waals surface area contributed by atoms with E-state index >= 15 is 0 Å². The third-order valence-electron chi connectivity index (χ3n) is 1.82. The minimum Gasteiger partial charge on any atom is -0.198 e. The SMILES string of the molecule is N#CCCc1cc(I)ccc1CBr. The Balaban J connectivity index is 2.89. The fraction of sp³-hybridized carbons (Fsp3) is 0.300. The van der Waals surface area contributed by atoms with Crippen molar-refractivity contribution in [3.63, 3.8) is 0 Å². The quantitative estimate of drug-likeness (QED) is 0.603. The standard InChI is InChI=1S/C10H9BrIN/c11-7-9-3-4-10(12)6-8(9)2-1-5-13/h3-4,6H,1-2,7H2. The number of nitriles is 1. The van der Waals surface area contributed by atoms with Gasteiger partial charge in [0, 0.05) is 15.3 Å². The molecule has 1 aromatic carbocycles. The van der Waals surface area contributed by atoms with Crippen LogP contribution in [-0.4, -0.2) is 0 Å². The Labute approximate surface area is 100 Å². The van der Waals surface area contributed by atoms with E-state index in [1.165, 1.54) is 14.7 Å². The Hall–Kier alpha value is -0.0800. The van der Waals surface area contributed by atoms with Crippen molar-refractivity contribution in [3.05, 3.63) is 32.9 Å². The van der Waals surface area contributed by atoms with Crippen LogP contribution in [0.2, 0.25) is 0 Å². The van der Waals surface area contributed by atoms with Crippen molar-refractivity contribution in [1.82, 2.24) is 0 Å². The summed E-state index contributed by atoms with van der Waals surface area (Å²) in [4.78, 5) is 0. The molecule has 3 heteroatoms. The first-order valence-corrected chi connectivity index (χ1v) is 6.18. The van der Waals surface area contributed by atoms with E-state index in [-0.39, 0.29) is 0 Å². The molecule has 0 aliphatic rings. The summed E-state index contributed by atoms with van der Waals surface area (Å²) in [5.74, 6) is 0. The predicted molar refractivity (Wildman–Crippen MR) is 65.7 cm³/mol. The van der Waals surface area contributed by atoms with Crippen LogP contribution >= 0.6 is 38.5 Å². The minimum atomic E-state index is 0.597. The zero-order valence-electron chi connectivity index (χ0n) is 7.06. The molecule has 0 saturated heterocycles. The van der Waals surface area contributed by atoms with E-state index in [2.05, 4.69) is 62.8 Å². The zero-order chi connectivity index (χ0) is 9.68. The highest BCUT2D eigenvalue weighted by Gasteiger charge is 2.01. The Morgan fingerprint density at radius 2 is 2.15 bits per heavy atom. The topological polar surface area (TPSA) is 23.8 Å². The van der Waals surface area contributed by atoms with Gasteiger partial charge in [0.1, 0.15) is 0 Å². The van der Waals surface area contributed by atoms with Crippen LogP contribution in [-0.2, 0) is 11.8 Å². The van der Waals surface area contributed by atoms with Crippen molar-refractivity contribution < 1.29 is 0 Å². The summed E-state index contributed by atoms with van der Waals surface area (Å²) in [6, 6.07) is 8.52. The lowest BCUT2D eigenvalue weighted by molar-refractivity contribution is 0.992. The van der Waals surface area contributed by atoms with Gasteiger partial charge in [0.15, 0.2) is 0 Å². The predicted octanol–water partition coefficient (Wildman–Crippen LogP) is 3.64. The molecule has 68 valence electrons. The lowest BCUT2D eigenvalue weighted by Crippen LogP contribution is -1.92. The highest BCUT2D eigenvalue weighted by Crippen LogP contribution is 2.17. The molecule has 0 aromatic heterocycles. The lowest BCUT2D eigenvalue weighted by Gasteiger charge is -2.05. The first-order valence-electron chi connectivity index (χ1n) is 3.98. The van der Waals surface area contributed by atoms with Crippen molar-refractivity contribution in [2.75, 3.05) is 0 Å². The molecule has 0 aliphatic carbocycles. The summed E-state index contributed by atoms with van der Waals surface area (Å²) in [6.45, 7) is 0. The average molecular weight is 350 g/mol. The normalized spacial score (nSPS) is 9.62. The zero-order valence-corrected chi connectivity index (χ0v) is 10.8. The molecule has 0 N–H and O–H groups in total. The molecule has 0 aliphatic heterocycles. The molecule has 0 radical (unpaired) electrons. The second kappa shape index (κ2) is 5.61. The van der Waals surface area contributed by atoms with Crippen LogP contribution in [0.1, 0.15) is 17.5 Å². The van der Waals surface area contributed by atoms with Crippen LogP contribution in [0.15, 0.2) is 18.2 Å². The molecular formula is C10H9BrIN. The maximum atomic E-state index is 8.50. The Morgan fingerprint density at radius 1 is 1.38 bits per heavy atom. The summed E-state index contributed by atoms with van der Waals surface area (Å²) in [5, 5.41) is 9.36. The smallest absolute Gasteiger partial charge is 0.0625 e. The molecular weight excluding hydrogens is 341 g/mol. The Bertz CT molecular complexity index is 330. The average Bonchev–Trinajstić information content (AvgIpc) is 2.15. The van der Waals surface area contributed by atoms with Crippen LogP contribution in [0.4, 0.5) is 0 Å². The maximum Gasteiger partial charge on any atom is 0.0625 e. The van der Waals surface area contributed by atoms with E-state index in [9.17, 15) is 0 Å². The second-order valence-electron chi connectivity index (χ2n) is 2.70. The Morgan fingerprint density at radius 3 is 2.77 bits per heavy atom. The molecule has 0 spiro atoms. The highest BCUT2D eigenvalue weighted by molar-refractivity contribution is 14.1. The summed E-state index contributed by atoms with van der Waals surface area (Å²) >= 11 is 5.73. The molecule has 1 rings (SSSR count). The van der Waals surface area contributed by atoms with Gasteiger partial charge in [-0.05, 0) is 52.3 Å². The van der Waals surface area contributed by atoms with Crippen LogP contribution in [0, 0.1) is 14.9 Å². The van der Waals surface area contributed by atoms with Crippen molar-refractivity contribution in [2.45, 2.75) is 18.2 Å². The van der Waals surface area contributed by atoms with E-state index in [1.807, 2.05) is 0 Å². The van der Waals surface area contributed by atoms with Gasteiger partial charge in [-0.25, -0.2) is 0 Å². The Kier molecular flexibility index (Phi) is 4.74. The monoisotopic (exact) mass is 349 g/mol. The summed E-state index contributed by atoms with van der Waals surface area (Å²) in [7, 11) is 0. The largest absolute Gasteiger partial charge is 0.198 e. The van der Waals surface area contributed by atoms with Crippen molar-refractivity contribution in [2.24, 2.45) is 0 Å². The fourth-order valence-corrected chi connectivity index (χ4v) is 2.25. The highest BCUT2D eigenvalue weighted by atomic mass is 127. The molecule has 1 aromatic rings. The number of hydrogen-bond acceptors (Lipinski definition) is 1. The van der Waals surface area contributed by atoms with Crippen LogP contribution in [0.3, 0.4) is 0 Å². The van der Waals surface area contributed by atoms with Crippen LogP contribution < -0.4 is 0 Å². The first kappa shape index (κ1) is 11.0. The first-order chi connectivity index (χ1) is 6.27. The van der Waals surface area contributed by atoms with Crippen LogP contribution in [0.5, 0.6) is 0 Å². The molecule has 0 fully saturated rings. The van der Waals surface area contributed by atoms with E-state index < -0.39 is 0 Å². The van der Waals surface area contributed by atoms with Gasteiger partial charge in [-0.2, -0.15) is 5.26 Å². The number of aryl methyl sites for hydroxylation is 1. The molecule has 0 heterocycles. The molecule has 13 heavy (non-hydrogen) atoms. The van der Waals surface area contributed by atoms with Crippen molar-refractivity contribution in [1.29, 1.82) is 5.26 Å². The van der Waals surface area contributed by atoms with E-state index in [0.717, 1.165) is 11.8 Å². The number of halogens is 2. The van der Waals surface area contributed by atoms with Crippen LogP contribution in [0.25, 0.3) is 0 Å². The van der Waals surface area contributed by atoms with Gasteiger partial charge < -0.3 is 0 Å². The fourth-order valence-electron chi connectivity index (χ4n) is 1.15. The molecule has 0 amide bonds. The van der Waals surface area contributed by atoms with E-state index in [4.69, 9.17) is 5.26 Å². The second-order valence-corrected chi connectivity index (χ2v) is 4.51. The number of alkyl halides is 1. The minimum absolute atomic E-state index is 0.597. The number of benzene rings is 1. The van der Waals surface area contributed by atoms with E-state index in [0.29, 0.717) is 6.42 Å². The van der Waals surface area contributed by atoms with Crippen molar-refractivity contribution >= 4 is 38.5 Å². The summed E-state index contributed by atoms with van der Waals surface area (Å²) < 4.78 is 1.23. The number of hydrogen-bond donors (Lipinski definition) is 0.